The van der Waals surface area contributed by atoms with Crippen molar-refractivity contribution in [3.05, 3.63) is 0 Å². The Morgan fingerprint density at radius 2 is 1.69 bits per heavy atom. The average Bonchev–Trinajstić information content (AvgIpc) is 3.17. The first-order valence-electron chi connectivity index (χ1n) is 7.31. The maximum Gasteiger partial charge on any atom is 0.0334 e. The second-order valence-electron chi connectivity index (χ2n) is 6.32. The summed E-state index contributed by atoms with van der Waals surface area (Å²) in [6.45, 7) is 2.26. The van der Waals surface area contributed by atoms with Crippen molar-refractivity contribution in [1.82, 2.24) is 4.90 Å². The van der Waals surface area contributed by atoms with Crippen LogP contribution in [-0.4, -0.2) is 29.6 Å². The van der Waals surface area contributed by atoms with Crippen LogP contribution in [-0.2, 0) is 0 Å². The summed E-state index contributed by atoms with van der Waals surface area (Å²) < 4.78 is 0. The molecule has 3 rings (SSSR count). The smallest absolute Gasteiger partial charge is 0.0334 e. The van der Waals surface area contributed by atoms with Crippen molar-refractivity contribution in [2.24, 2.45) is 11.7 Å². The van der Waals surface area contributed by atoms with E-state index in [4.69, 9.17) is 5.73 Å². The average molecular weight is 222 g/mol. The molecule has 0 aromatic heterocycles. The zero-order chi connectivity index (χ0) is 11.0. The van der Waals surface area contributed by atoms with Crippen LogP contribution in [0.5, 0.6) is 0 Å². The summed E-state index contributed by atoms with van der Waals surface area (Å²) in [7, 11) is 0. The quantitative estimate of drug-likeness (QED) is 0.774. The lowest BCUT2D eigenvalue weighted by Crippen LogP contribution is -2.56. The molecule has 0 amide bonds. The Kier molecular flexibility index (Phi) is 2.97. The van der Waals surface area contributed by atoms with E-state index in [1.807, 2.05) is 0 Å². The molecule has 0 heterocycles. The Bertz CT molecular complexity index is 237. The van der Waals surface area contributed by atoms with Crippen molar-refractivity contribution in [3.8, 4) is 0 Å². The summed E-state index contributed by atoms with van der Waals surface area (Å²) in [6.07, 6.45) is 12.8. The molecule has 0 radical (unpaired) electrons. The number of nitrogens with two attached hydrogens (primary N) is 1. The Labute approximate surface area is 99.6 Å². The largest absolute Gasteiger partial charge is 0.329 e. The fraction of sp³-hybridized carbons (Fsp3) is 1.00. The van der Waals surface area contributed by atoms with Gasteiger partial charge in [0.1, 0.15) is 0 Å². The monoisotopic (exact) mass is 222 g/mol. The number of hydrogen-bond acceptors (Lipinski definition) is 2. The summed E-state index contributed by atoms with van der Waals surface area (Å²) in [6, 6.07) is 0.905. The van der Waals surface area contributed by atoms with Gasteiger partial charge in [-0.25, -0.2) is 0 Å². The molecule has 0 aliphatic heterocycles. The van der Waals surface area contributed by atoms with Crippen molar-refractivity contribution < 1.29 is 0 Å². The Morgan fingerprint density at radius 3 is 2.19 bits per heavy atom. The van der Waals surface area contributed by atoms with Crippen LogP contribution in [0, 0.1) is 5.92 Å². The van der Waals surface area contributed by atoms with Crippen LogP contribution in [0.3, 0.4) is 0 Å². The SMILES string of the molecule is NCC1(N(CC2CC2)C2CC2)CCCCC1. The van der Waals surface area contributed by atoms with Gasteiger partial charge in [-0.3, -0.25) is 4.90 Å². The molecule has 0 aromatic carbocycles. The van der Waals surface area contributed by atoms with Crippen molar-refractivity contribution >= 4 is 0 Å². The molecule has 3 aliphatic carbocycles. The van der Waals surface area contributed by atoms with Gasteiger partial charge in [0.2, 0.25) is 0 Å². The van der Waals surface area contributed by atoms with E-state index in [0.29, 0.717) is 5.54 Å². The minimum atomic E-state index is 0.405. The van der Waals surface area contributed by atoms with Gasteiger partial charge in [-0.2, -0.15) is 0 Å². The number of rotatable bonds is 5. The first-order valence-corrected chi connectivity index (χ1v) is 7.31. The van der Waals surface area contributed by atoms with Gasteiger partial charge < -0.3 is 5.73 Å². The van der Waals surface area contributed by atoms with Crippen molar-refractivity contribution in [3.63, 3.8) is 0 Å². The highest BCUT2D eigenvalue weighted by molar-refractivity contribution is 5.02. The standard InChI is InChI=1S/C14H26N2/c15-11-14(8-2-1-3-9-14)16(13-6-7-13)10-12-4-5-12/h12-13H,1-11,15H2. The molecule has 0 atom stereocenters. The van der Waals surface area contributed by atoms with Crippen molar-refractivity contribution in [2.75, 3.05) is 13.1 Å². The van der Waals surface area contributed by atoms with E-state index in [1.165, 1.54) is 64.3 Å². The van der Waals surface area contributed by atoms with Gasteiger partial charge in [0.05, 0.1) is 0 Å². The Morgan fingerprint density at radius 1 is 1.00 bits per heavy atom. The van der Waals surface area contributed by atoms with E-state index in [0.717, 1.165) is 18.5 Å². The Balaban J connectivity index is 1.72. The van der Waals surface area contributed by atoms with Gasteiger partial charge in [0.25, 0.3) is 0 Å². The fourth-order valence-electron chi connectivity index (χ4n) is 3.51. The molecule has 92 valence electrons. The highest BCUT2D eigenvalue weighted by Gasteiger charge is 2.45. The molecule has 0 unspecified atom stereocenters. The van der Waals surface area contributed by atoms with Crippen LogP contribution < -0.4 is 5.73 Å². The van der Waals surface area contributed by atoms with Crippen LogP contribution in [0.2, 0.25) is 0 Å². The van der Waals surface area contributed by atoms with E-state index >= 15 is 0 Å². The summed E-state index contributed by atoms with van der Waals surface area (Å²) >= 11 is 0. The van der Waals surface area contributed by atoms with E-state index in [-0.39, 0.29) is 0 Å². The third kappa shape index (κ3) is 2.14. The first-order chi connectivity index (χ1) is 7.84. The molecule has 0 aromatic rings. The van der Waals surface area contributed by atoms with Crippen LogP contribution in [0.25, 0.3) is 0 Å². The van der Waals surface area contributed by atoms with Crippen LogP contribution in [0.1, 0.15) is 57.8 Å². The van der Waals surface area contributed by atoms with Gasteiger partial charge in [-0.05, 0) is 44.4 Å². The fourth-order valence-corrected chi connectivity index (χ4v) is 3.51. The lowest BCUT2D eigenvalue weighted by Gasteiger charge is -2.46. The normalized spacial score (nSPS) is 29.6. The van der Waals surface area contributed by atoms with Gasteiger partial charge in [-0.15, -0.1) is 0 Å². The highest BCUT2D eigenvalue weighted by atomic mass is 15.3. The number of nitrogens with zero attached hydrogens (tertiary/aromatic N) is 1. The second kappa shape index (κ2) is 4.30. The number of hydrogen-bond donors (Lipinski definition) is 1. The third-order valence-electron chi connectivity index (χ3n) is 4.91. The second-order valence-corrected chi connectivity index (χ2v) is 6.32. The molecule has 2 heteroatoms. The van der Waals surface area contributed by atoms with Gasteiger partial charge in [0.15, 0.2) is 0 Å². The molecule has 2 nitrogen and oxygen atoms in total. The van der Waals surface area contributed by atoms with Gasteiger partial charge >= 0.3 is 0 Å². The molecular formula is C14H26N2. The van der Waals surface area contributed by atoms with E-state index in [9.17, 15) is 0 Å². The van der Waals surface area contributed by atoms with Crippen LogP contribution in [0.15, 0.2) is 0 Å². The van der Waals surface area contributed by atoms with Gasteiger partial charge in [0, 0.05) is 24.7 Å². The summed E-state index contributed by atoms with van der Waals surface area (Å²) in [5, 5.41) is 0. The molecule has 3 fully saturated rings. The molecule has 0 bridgehead atoms. The van der Waals surface area contributed by atoms with E-state index < -0.39 is 0 Å². The van der Waals surface area contributed by atoms with Crippen molar-refractivity contribution in [2.45, 2.75) is 69.4 Å². The zero-order valence-corrected chi connectivity index (χ0v) is 10.5. The molecular weight excluding hydrogens is 196 g/mol. The minimum absolute atomic E-state index is 0.405. The summed E-state index contributed by atoms with van der Waals surface area (Å²) in [5.41, 5.74) is 6.56. The van der Waals surface area contributed by atoms with Crippen LogP contribution in [0.4, 0.5) is 0 Å². The molecule has 0 spiro atoms. The first kappa shape index (κ1) is 11.0. The topological polar surface area (TPSA) is 29.3 Å². The summed E-state index contributed by atoms with van der Waals surface area (Å²) in [4.78, 5) is 2.85. The third-order valence-corrected chi connectivity index (χ3v) is 4.91. The Hall–Kier alpha value is -0.0800. The zero-order valence-electron chi connectivity index (χ0n) is 10.5. The predicted molar refractivity (Wildman–Crippen MR) is 67.3 cm³/mol. The maximum absolute atomic E-state index is 6.16. The minimum Gasteiger partial charge on any atom is -0.329 e. The molecule has 3 saturated carbocycles. The lowest BCUT2D eigenvalue weighted by molar-refractivity contribution is 0.0447. The van der Waals surface area contributed by atoms with E-state index in [1.54, 1.807) is 0 Å². The molecule has 0 saturated heterocycles. The molecule has 2 N–H and O–H groups in total. The maximum atomic E-state index is 6.16. The van der Waals surface area contributed by atoms with Crippen molar-refractivity contribution in [1.29, 1.82) is 0 Å². The predicted octanol–water partition coefficient (Wildman–Crippen LogP) is 2.52. The van der Waals surface area contributed by atoms with E-state index in [2.05, 4.69) is 4.90 Å². The lowest BCUT2D eigenvalue weighted by atomic mass is 9.80. The van der Waals surface area contributed by atoms with Gasteiger partial charge in [-0.1, -0.05) is 19.3 Å². The molecule has 16 heavy (non-hydrogen) atoms. The van der Waals surface area contributed by atoms with Crippen LogP contribution >= 0.6 is 0 Å². The molecule has 3 aliphatic rings. The summed E-state index contributed by atoms with van der Waals surface area (Å²) in [5.74, 6) is 1.02. The highest BCUT2D eigenvalue weighted by Crippen LogP contribution is 2.43.